The maximum absolute atomic E-state index is 5.76. The molecule has 3 nitrogen and oxygen atoms in total. The highest BCUT2D eigenvalue weighted by Crippen LogP contribution is 2.34. The lowest BCUT2D eigenvalue weighted by molar-refractivity contribution is -0.202. The Balaban J connectivity index is 1.76. The predicted molar refractivity (Wildman–Crippen MR) is 72.5 cm³/mol. The average molecular weight is 256 g/mol. The molecular weight excluding hydrogens is 240 g/mol. The molecule has 0 bridgehead atoms. The van der Waals surface area contributed by atoms with Gasteiger partial charge in [-0.05, 0) is 29.8 Å². The first-order chi connectivity index (χ1) is 9.32. The Hall–Kier alpha value is -1.84. The normalized spacial score (nSPS) is 16.7. The number of benzene rings is 2. The maximum Gasteiger partial charge on any atom is 0.139 e. The fraction of sp³-hybridized carbons (Fsp3) is 0.250. The van der Waals surface area contributed by atoms with Crippen molar-refractivity contribution in [3.05, 3.63) is 60.2 Å². The molecular formula is C16H16O3. The van der Waals surface area contributed by atoms with Gasteiger partial charge in [0.2, 0.25) is 0 Å². The molecule has 3 rings (SSSR count). The van der Waals surface area contributed by atoms with Crippen molar-refractivity contribution in [2.45, 2.75) is 5.60 Å². The highest BCUT2D eigenvalue weighted by atomic mass is 16.6. The number of ether oxygens (including phenoxy) is 3. The fourth-order valence-electron chi connectivity index (χ4n) is 2.14. The summed E-state index contributed by atoms with van der Waals surface area (Å²) < 4.78 is 16.6. The minimum atomic E-state index is -0.273. The third-order valence-corrected chi connectivity index (χ3v) is 3.42. The molecule has 2 aromatic carbocycles. The van der Waals surface area contributed by atoms with Crippen molar-refractivity contribution in [1.82, 2.24) is 0 Å². The Morgan fingerprint density at radius 2 is 1.53 bits per heavy atom. The van der Waals surface area contributed by atoms with Crippen LogP contribution in [-0.4, -0.2) is 20.3 Å². The van der Waals surface area contributed by atoms with Gasteiger partial charge in [0.25, 0.3) is 0 Å². The second kappa shape index (κ2) is 5.03. The lowest BCUT2D eigenvalue weighted by Crippen LogP contribution is -2.48. The summed E-state index contributed by atoms with van der Waals surface area (Å²) >= 11 is 0. The summed E-state index contributed by atoms with van der Waals surface area (Å²) in [6.07, 6.45) is 0. The van der Waals surface area contributed by atoms with E-state index in [2.05, 4.69) is 0 Å². The highest BCUT2D eigenvalue weighted by Gasteiger charge is 2.40. The first-order valence-electron chi connectivity index (χ1n) is 6.29. The van der Waals surface area contributed by atoms with Crippen LogP contribution in [0.1, 0.15) is 5.56 Å². The molecule has 0 aromatic heterocycles. The molecule has 0 saturated carbocycles. The van der Waals surface area contributed by atoms with Crippen molar-refractivity contribution in [2.75, 3.05) is 20.3 Å². The molecule has 1 aliphatic rings. The van der Waals surface area contributed by atoms with E-state index >= 15 is 0 Å². The molecule has 0 unspecified atom stereocenters. The lowest BCUT2D eigenvalue weighted by atomic mass is 9.92. The largest absolute Gasteiger partial charge is 0.457 e. The zero-order chi connectivity index (χ0) is 13.1. The third-order valence-electron chi connectivity index (χ3n) is 3.42. The Morgan fingerprint density at radius 3 is 2.05 bits per heavy atom. The van der Waals surface area contributed by atoms with E-state index in [0.717, 1.165) is 17.1 Å². The number of para-hydroxylation sites is 1. The van der Waals surface area contributed by atoms with Crippen LogP contribution < -0.4 is 4.74 Å². The Labute approximate surface area is 112 Å². The van der Waals surface area contributed by atoms with E-state index in [0.29, 0.717) is 13.2 Å². The molecule has 19 heavy (non-hydrogen) atoms. The Bertz CT molecular complexity index is 524. The van der Waals surface area contributed by atoms with Crippen LogP contribution in [-0.2, 0) is 15.1 Å². The van der Waals surface area contributed by atoms with Gasteiger partial charge in [-0.3, -0.25) is 0 Å². The van der Waals surface area contributed by atoms with E-state index in [4.69, 9.17) is 14.2 Å². The molecule has 1 heterocycles. The van der Waals surface area contributed by atoms with Gasteiger partial charge in [-0.1, -0.05) is 30.3 Å². The van der Waals surface area contributed by atoms with Crippen molar-refractivity contribution in [2.24, 2.45) is 0 Å². The standard InChI is InChI=1S/C16H16O3/c1-17-16(11-18-12-16)13-7-9-15(10-8-13)19-14-5-3-2-4-6-14/h2-10H,11-12H2,1H3. The van der Waals surface area contributed by atoms with Gasteiger partial charge in [-0.25, -0.2) is 0 Å². The molecule has 0 radical (unpaired) electrons. The summed E-state index contributed by atoms with van der Waals surface area (Å²) in [6, 6.07) is 17.7. The highest BCUT2D eigenvalue weighted by molar-refractivity contribution is 5.35. The number of methoxy groups -OCH3 is 1. The van der Waals surface area contributed by atoms with E-state index in [9.17, 15) is 0 Å². The maximum atomic E-state index is 5.76. The number of hydrogen-bond donors (Lipinski definition) is 0. The van der Waals surface area contributed by atoms with Crippen LogP contribution in [0.5, 0.6) is 11.5 Å². The number of hydrogen-bond acceptors (Lipinski definition) is 3. The molecule has 3 heteroatoms. The van der Waals surface area contributed by atoms with Gasteiger partial charge >= 0.3 is 0 Å². The van der Waals surface area contributed by atoms with Crippen molar-refractivity contribution in [1.29, 1.82) is 0 Å². The first-order valence-corrected chi connectivity index (χ1v) is 6.29. The van der Waals surface area contributed by atoms with Gasteiger partial charge < -0.3 is 14.2 Å². The van der Waals surface area contributed by atoms with Crippen LogP contribution in [0.4, 0.5) is 0 Å². The zero-order valence-corrected chi connectivity index (χ0v) is 10.8. The van der Waals surface area contributed by atoms with Gasteiger partial charge in [0.1, 0.15) is 17.1 Å². The minimum absolute atomic E-state index is 0.273. The summed E-state index contributed by atoms with van der Waals surface area (Å²) in [4.78, 5) is 0. The first kappa shape index (κ1) is 12.2. The van der Waals surface area contributed by atoms with Crippen LogP contribution in [0.25, 0.3) is 0 Å². The molecule has 98 valence electrons. The molecule has 1 fully saturated rings. The quantitative estimate of drug-likeness (QED) is 0.839. The van der Waals surface area contributed by atoms with Gasteiger partial charge in [-0.15, -0.1) is 0 Å². The SMILES string of the molecule is COC1(c2ccc(Oc3ccccc3)cc2)COC1. The lowest BCUT2D eigenvalue weighted by Gasteiger charge is -2.40. The summed E-state index contributed by atoms with van der Waals surface area (Å²) in [6.45, 7) is 1.23. The second-order valence-corrected chi connectivity index (χ2v) is 4.63. The van der Waals surface area contributed by atoms with Gasteiger partial charge in [0.15, 0.2) is 0 Å². The van der Waals surface area contributed by atoms with Crippen LogP contribution in [0, 0.1) is 0 Å². The topological polar surface area (TPSA) is 27.7 Å². The van der Waals surface area contributed by atoms with Crippen LogP contribution in [0.3, 0.4) is 0 Å². The van der Waals surface area contributed by atoms with Crippen LogP contribution in [0.2, 0.25) is 0 Å². The monoisotopic (exact) mass is 256 g/mol. The molecule has 0 amide bonds. The second-order valence-electron chi connectivity index (χ2n) is 4.63. The Morgan fingerprint density at radius 1 is 0.895 bits per heavy atom. The van der Waals surface area contributed by atoms with E-state index in [1.165, 1.54) is 0 Å². The van der Waals surface area contributed by atoms with E-state index in [1.54, 1.807) is 7.11 Å². The van der Waals surface area contributed by atoms with Gasteiger partial charge in [0, 0.05) is 7.11 Å². The summed E-state index contributed by atoms with van der Waals surface area (Å²) in [5, 5.41) is 0. The van der Waals surface area contributed by atoms with Gasteiger partial charge in [0.05, 0.1) is 13.2 Å². The molecule has 1 saturated heterocycles. The summed E-state index contributed by atoms with van der Waals surface area (Å²) in [7, 11) is 1.72. The third kappa shape index (κ3) is 2.35. The van der Waals surface area contributed by atoms with Crippen molar-refractivity contribution in [3.8, 4) is 11.5 Å². The molecule has 0 N–H and O–H groups in total. The zero-order valence-electron chi connectivity index (χ0n) is 10.8. The molecule has 0 atom stereocenters. The average Bonchev–Trinajstić information content (AvgIpc) is 2.41. The molecule has 1 aliphatic heterocycles. The predicted octanol–water partition coefficient (Wildman–Crippen LogP) is 3.35. The fourth-order valence-corrected chi connectivity index (χ4v) is 2.14. The summed E-state index contributed by atoms with van der Waals surface area (Å²) in [5.41, 5.74) is 0.854. The molecule has 0 spiro atoms. The van der Waals surface area contributed by atoms with Crippen molar-refractivity contribution in [3.63, 3.8) is 0 Å². The van der Waals surface area contributed by atoms with E-state index in [1.807, 2.05) is 54.6 Å². The summed E-state index contributed by atoms with van der Waals surface area (Å²) in [5.74, 6) is 1.66. The minimum Gasteiger partial charge on any atom is -0.457 e. The van der Waals surface area contributed by atoms with E-state index in [-0.39, 0.29) is 5.60 Å². The number of rotatable bonds is 4. The van der Waals surface area contributed by atoms with Crippen LogP contribution in [0.15, 0.2) is 54.6 Å². The van der Waals surface area contributed by atoms with Crippen molar-refractivity contribution < 1.29 is 14.2 Å². The molecule has 0 aliphatic carbocycles. The molecule has 2 aromatic rings. The Kier molecular flexibility index (Phi) is 3.23. The smallest absolute Gasteiger partial charge is 0.139 e. The van der Waals surface area contributed by atoms with Crippen LogP contribution >= 0.6 is 0 Å². The van der Waals surface area contributed by atoms with Crippen molar-refractivity contribution >= 4 is 0 Å². The van der Waals surface area contributed by atoms with E-state index < -0.39 is 0 Å². The van der Waals surface area contributed by atoms with Gasteiger partial charge in [-0.2, -0.15) is 0 Å².